The Hall–Kier alpha value is -1.02. The van der Waals surface area contributed by atoms with Crippen LogP contribution in [0.5, 0.6) is 5.75 Å². The van der Waals surface area contributed by atoms with E-state index in [1.807, 2.05) is 12.1 Å². The average molecular weight is 219 g/mol. The Balaban J connectivity index is 2.09. The molecule has 0 spiro atoms. The lowest BCUT2D eigenvalue weighted by Gasteiger charge is -2.33. The number of phenols is 1. The molecule has 1 aliphatic rings. The summed E-state index contributed by atoms with van der Waals surface area (Å²) in [6.45, 7) is 4.68. The van der Waals surface area contributed by atoms with E-state index in [1.165, 1.54) is 31.5 Å². The number of likely N-dealkylation sites (tertiary alicyclic amines) is 1. The first kappa shape index (κ1) is 11.5. The molecular weight excluding hydrogens is 198 g/mol. The van der Waals surface area contributed by atoms with Crippen molar-refractivity contribution in [1.29, 1.82) is 0 Å². The van der Waals surface area contributed by atoms with Crippen LogP contribution < -0.4 is 0 Å². The predicted molar refractivity (Wildman–Crippen MR) is 66.7 cm³/mol. The van der Waals surface area contributed by atoms with Crippen LogP contribution in [0.3, 0.4) is 0 Å². The van der Waals surface area contributed by atoms with Crippen LogP contribution in [-0.4, -0.2) is 30.1 Å². The molecule has 1 aromatic rings. The number of phenolic OH excluding ortho intramolecular Hbond substituents is 1. The van der Waals surface area contributed by atoms with Gasteiger partial charge in [-0.1, -0.05) is 19.1 Å². The van der Waals surface area contributed by atoms with Crippen molar-refractivity contribution < 1.29 is 5.11 Å². The molecule has 0 radical (unpaired) electrons. The van der Waals surface area contributed by atoms with Crippen LogP contribution in [0.4, 0.5) is 0 Å². The summed E-state index contributed by atoms with van der Waals surface area (Å²) >= 11 is 0. The molecule has 16 heavy (non-hydrogen) atoms. The highest BCUT2D eigenvalue weighted by Crippen LogP contribution is 2.32. The Morgan fingerprint density at radius 2 is 2.25 bits per heavy atom. The van der Waals surface area contributed by atoms with Crippen LogP contribution >= 0.6 is 0 Å². The van der Waals surface area contributed by atoms with Gasteiger partial charge in [0.15, 0.2) is 0 Å². The van der Waals surface area contributed by atoms with Crippen molar-refractivity contribution in [2.75, 3.05) is 20.1 Å². The SMILES string of the molecule is C[C@H](c1cccc(O)c1)[C@@H]1CCCN(C)C1. The van der Waals surface area contributed by atoms with Gasteiger partial charge in [0.2, 0.25) is 0 Å². The van der Waals surface area contributed by atoms with Gasteiger partial charge in [0.05, 0.1) is 0 Å². The van der Waals surface area contributed by atoms with Gasteiger partial charge < -0.3 is 10.0 Å². The first-order chi connectivity index (χ1) is 7.66. The second kappa shape index (κ2) is 4.88. The summed E-state index contributed by atoms with van der Waals surface area (Å²) in [4.78, 5) is 2.41. The maximum atomic E-state index is 9.50. The molecule has 0 bridgehead atoms. The number of hydrogen-bond donors (Lipinski definition) is 1. The van der Waals surface area contributed by atoms with Gasteiger partial charge in [-0.25, -0.2) is 0 Å². The highest BCUT2D eigenvalue weighted by molar-refractivity contribution is 5.29. The van der Waals surface area contributed by atoms with Crippen LogP contribution in [0.1, 0.15) is 31.2 Å². The van der Waals surface area contributed by atoms with Crippen molar-refractivity contribution in [2.24, 2.45) is 5.92 Å². The lowest BCUT2D eigenvalue weighted by atomic mass is 9.82. The van der Waals surface area contributed by atoms with E-state index in [0.29, 0.717) is 11.7 Å². The molecular formula is C14H21NO. The van der Waals surface area contributed by atoms with E-state index >= 15 is 0 Å². The van der Waals surface area contributed by atoms with E-state index in [2.05, 4.69) is 24.9 Å². The molecule has 2 nitrogen and oxygen atoms in total. The average Bonchev–Trinajstić information content (AvgIpc) is 2.28. The van der Waals surface area contributed by atoms with Crippen molar-refractivity contribution in [2.45, 2.75) is 25.7 Å². The van der Waals surface area contributed by atoms with Gasteiger partial charge in [-0.3, -0.25) is 0 Å². The zero-order valence-electron chi connectivity index (χ0n) is 10.2. The third kappa shape index (κ3) is 2.56. The molecule has 1 fully saturated rings. The minimum atomic E-state index is 0.383. The smallest absolute Gasteiger partial charge is 0.115 e. The van der Waals surface area contributed by atoms with E-state index in [4.69, 9.17) is 0 Å². The molecule has 0 unspecified atom stereocenters. The Labute approximate surface area is 97.9 Å². The summed E-state index contributed by atoms with van der Waals surface area (Å²) in [5.41, 5.74) is 1.26. The molecule has 1 aliphatic heterocycles. The second-order valence-electron chi connectivity index (χ2n) is 5.05. The largest absolute Gasteiger partial charge is 0.508 e. The summed E-state index contributed by atoms with van der Waals surface area (Å²) in [7, 11) is 2.20. The molecule has 1 saturated heterocycles. The van der Waals surface area contributed by atoms with E-state index in [9.17, 15) is 5.11 Å². The maximum absolute atomic E-state index is 9.50. The van der Waals surface area contributed by atoms with Gasteiger partial charge >= 0.3 is 0 Å². The lowest BCUT2D eigenvalue weighted by Crippen LogP contribution is -2.34. The summed E-state index contributed by atoms with van der Waals surface area (Å²) in [6, 6.07) is 7.70. The van der Waals surface area contributed by atoms with Gasteiger partial charge in [0, 0.05) is 6.54 Å². The maximum Gasteiger partial charge on any atom is 0.115 e. The van der Waals surface area contributed by atoms with E-state index < -0.39 is 0 Å². The Kier molecular flexibility index (Phi) is 3.49. The lowest BCUT2D eigenvalue weighted by molar-refractivity contribution is 0.191. The second-order valence-corrected chi connectivity index (χ2v) is 5.05. The zero-order chi connectivity index (χ0) is 11.5. The molecule has 88 valence electrons. The number of nitrogens with zero attached hydrogens (tertiary/aromatic N) is 1. The third-order valence-corrected chi connectivity index (χ3v) is 3.76. The molecule has 1 aromatic carbocycles. The Morgan fingerprint density at radius 1 is 1.44 bits per heavy atom. The van der Waals surface area contributed by atoms with E-state index in [-0.39, 0.29) is 0 Å². The third-order valence-electron chi connectivity index (χ3n) is 3.76. The zero-order valence-corrected chi connectivity index (χ0v) is 10.2. The molecule has 0 aromatic heterocycles. The summed E-state index contributed by atoms with van der Waals surface area (Å²) < 4.78 is 0. The minimum Gasteiger partial charge on any atom is -0.508 e. The number of hydrogen-bond acceptors (Lipinski definition) is 2. The number of piperidine rings is 1. The van der Waals surface area contributed by atoms with Crippen molar-refractivity contribution >= 4 is 0 Å². The van der Waals surface area contributed by atoms with E-state index in [0.717, 1.165) is 5.92 Å². The minimum absolute atomic E-state index is 0.383. The van der Waals surface area contributed by atoms with Crippen molar-refractivity contribution in [3.8, 4) is 5.75 Å². The van der Waals surface area contributed by atoms with Gasteiger partial charge in [0.1, 0.15) is 5.75 Å². The van der Waals surface area contributed by atoms with E-state index in [1.54, 1.807) is 6.07 Å². The fourth-order valence-corrected chi connectivity index (χ4v) is 2.69. The fraction of sp³-hybridized carbons (Fsp3) is 0.571. The quantitative estimate of drug-likeness (QED) is 0.826. The number of benzene rings is 1. The van der Waals surface area contributed by atoms with Crippen LogP contribution in [0.2, 0.25) is 0 Å². The summed E-state index contributed by atoms with van der Waals surface area (Å²) in [5, 5.41) is 9.50. The molecule has 2 rings (SSSR count). The van der Waals surface area contributed by atoms with Gasteiger partial charge in [-0.05, 0) is 56.0 Å². The molecule has 1 heterocycles. The van der Waals surface area contributed by atoms with Crippen LogP contribution in [-0.2, 0) is 0 Å². The Bertz CT molecular complexity index is 350. The molecule has 2 atom stereocenters. The normalized spacial score (nSPS) is 24.2. The van der Waals surface area contributed by atoms with Crippen molar-refractivity contribution in [3.63, 3.8) is 0 Å². The molecule has 1 N–H and O–H groups in total. The monoisotopic (exact) mass is 219 g/mol. The summed E-state index contributed by atoms with van der Waals surface area (Å²) in [6.07, 6.45) is 2.60. The predicted octanol–water partition coefficient (Wildman–Crippen LogP) is 2.84. The molecule has 2 heteroatoms. The van der Waals surface area contributed by atoms with Crippen LogP contribution in [0.25, 0.3) is 0 Å². The fourth-order valence-electron chi connectivity index (χ4n) is 2.69. The number of rotatable bonds is 2. The molecule has 0 amide bonds. The molecule has 0 aliphatic carbocycles. The molecule has 0 saturated carbocycles. The van der Waals surface area contributed by atoms with Crippen molar-refractivity contribution in [1.82, 2.24) is 4.90 Å². The summed E-state index contributed by atoms with van der Waals surface area (Å²) in [5.74, 6) is 1.64. The topological polar surface area (TPSA) is 23.5 Å². The highest BCUT2D eigenvalue weighted by atomic mass is 16.3. The Morgan fingerprint density at radius 3 is 2.94 bits per heavy atom. The van der Waals surface area contributed by atoms with Crippen LogP contribution in [0, 0.1) is 5.92 Å². The van der Waals surface area contributed by atoms with Gasteiger partial charge in [-0.15, -0.1) is 0 Å². The first-order valence-electron chi connectivity index (χ1n) is 6.14. The van der Waals surface area contributed by atoms with Crippen molar-refractivity contribution in [3.05, 3.63) is 29.8 Å². The van der Waals surface area contributed by atoms with Crippen LogP contribution in [0.15, 0.2) is 24.3 Å². The first-order valence-corrected chi connectivity index (χ1v) is 6.14. The van der Waals surface area contributed by atoms with Gasteiger partial charge in [-0.2, -0.15) is 0 Å². The number of aromatic hydroxyl groups is 1. The highest BCUT2D eigenvalue weighted by Gasteiger charge is 2.23. The standard InChI is InChI=1S/C14H21NO/c1-11(12-5-3-7-14(16)9-12)13-6-4-8-15(2)10-13/h3,5,7,9,11,13,16H,4,6,8,10H2,1-2H3/t11-,13-/m1/s1. The van der Waals surface area contributed by atoms with Gasteiger partial charge in [0.25, 0.3) is 0 Å².